The van der Waals surface area contributed by atoms with Gasteiger partial charge in [0.25, 0.3) is 5.91 Å². The van der Waals surface area contributed by atoms with Crippen LogP contribution in [0.15, 0.2) is 24.3 Å². The zero-order valence-corrected chi connectivity index (χ0v) is 12.1. The second kappa shape index (κ2) is 8.77. The highest BCUT2D eigenvalue weighted by Gasteiger charge is 2.15. The normalized spacial score (nSPS) is 11.9. The molecule has 0 aliphatic heterocycles. The zero-order valence-electron chi connectivity index (χ0n) is 11.3. The van der Waals surface area contributed by atoms with Crippen molar-refractivity contribution in [2.75, 3.05) is 19.8 Å². The van der Waals surface area contributed by atoms with E-state index >= 15 is 0 Å². The number of amides is 1. The van der Waals surface area contributed by atoms with E-state index in [1.807, 2.05) is 19.1 Å². The third-order valence-corrected chi connectivity index (χ3v) is 2.79. The van der Waals surface area contributed by atoms with Gasteiger partial charge in [-0.15, -0.1) is 0 Å². The van der Waals surface area contributed by atoms with Gasteiger partial charge in [-0.1, -0.05) is 23.7 Å². The van der Waals surface area contributed by atoms with Gasteiger partial charge >= 0.3 is 0 Å². The molecule has 1 aromatic carbocycles. The van der Waals surface area contributed by atoms with E-state index in [9.17, 15) is 4.79 Å². The fourth-order valence-corrected chi connectivity index (χ4v) is 1.64. The van der Waals surface area contributed by atoms with Crippen molar-refractivity contribution in [3.63, 3.8) is 0 Å². The number of para-hydroxylation sites is 1. The van der Waals surface area contributed by atoms with Crippen LogP contribution in [0.5, 0.6) is 5.75 Å². The minimum absolute atomic E-state index is 0.156. The number of benzene rings is 1. The fraction of sp³-hybridized carbons (Fsp3) is 0.500. The van der Waals surface area contributed by atoms with E-state index in [1.165, 1.54) is 0 Å². The number of carbonyl (C=O) groups excluding carboxylic acids is 1. The maximum absolute atomic E-state index is 11.8. The summed E-state index contributed by atoms with van der Waals surface area (Å²) < 4.78 is 10.7. The Bertz CT molecular complexity index is 398. The number of nitrogens with one attached hydrogen (secondary N) is 1. The van der Waals surface area contributed by atoms with Gasteiger partial charge in [0.05, 0.1) is 5.02 Å². The van der Waals surface area contributed by atoms with Gasteiger partial charge in [-0.2, -0.15) is 0 Å². The quantitative estimate of drug-likeness (QED) is 0.747. The highest BCUT2D eigenvalue weighted by molar-refractivity contribution is 6.32. The van der Waals surface area contributed by atoms with Crippen LogP contribution >= 0.6 is 11.6 Å². The molecule has 0 heterocycles. The molecule has 0 aliphatic rings. The van der Waals surface area contributed by atoms with Crippen LogP contribution in [-0.4, -0.2) is 31.8 Å². The summed E-state index contributed by atoms with van der Waals surface area (Å²) in [6, 6.07) is 7.09. The Morgan fingerprint density at radius 2 is 2.16 bits per heavy atom. The first-order valence-electron chi connectivity index (χ1n) is 6.41. The molecule has 1 amide bonds. The Balaban J connectivity index is 2.31. The summed E-state index contributed by atoms with van der Waals surface area (Å²) in [7, 11) is 0. The van der Waals surface area contributed by atoms with E-state index in [1.54, 1.807) is 19.1 Å². The van der Waals surface area contributed by atoms with Crippen molar-refractivity contribution in [2.45, 2.75) is 26.4 Å². The van der Waals surface area contributed by atoms with E-state index in [2.05, 4.69) is 5.32 Å². The van der Waals surface area contributed by atoms with Crippen LogP contribution in [0.1, 0.15) is 20.3 Å². The monoisotopic (exact) mass is 285 g/mol. The molecule has 106 valence electrons. The molecule has 19 heavy (non-hydrogen) atoms. The van der Waals surface area contributed by atoms with Gasteiger partial charge < -0.3 is 14.8 Å². The Morgan fingerprint density at radius 1 is 1.42 bits per heavy atom. The molecule has 1 atom stereocenters. The summed E-state index contributed by atoms with van der Waals surface area (Å²) in [5, 5.41) is 3.29. The summed E-state index contributed by atoms with van der Waals surface area (Å²) in [6.45, 7) is 5.56. The lowest BCUT2D eigenvalue weighted by Crippen LogP contribution is -2.37. The van der Waals surface area contributed by atoms with Crippen molar-refractivity contribution >= 4 is 17.5 Å². The predicted molar refractivity (Wildman–Crippen MR) is 75.7 cm³/mol. The smallest absolute Gasteiger partial charge is 0.260 e. The van der Waals surface area contributed by atoms with E-state index in [0.29, 0.717) is 30.5 Å². The highest BCUT2D eigenvalue weighted by atomic mass is 35.5. The van der Waals surface area contributed by atoms with Crippen LogP contribution in [0, 0.1) is 0 Å². The summed E-state index contributed by atoms with van der Waals surface area (Å²) >= 11 is 5.96. The Kier molecular flexibility index (Phi) is 7.30. The molecule has 0 spiro atoms. The molecule has 0 aliphatic carbocycles. The van der Waals surface area contributed by atoms with Gasteiger partial charge in [0.1, 0.15) is 5.75 Å². The molecule has 0 saturated heterocycles. The average molecular weight is 286 g/mol. The first-order valence-corrected chi connectivity index (χ1v) is 6.79. The lowest BCUT2D eigenvalue weighted by molar-refractivity contribution is -0.127. The minimum Gasteiger partial charge on any atom is -0.479 e. The molecule has 0 radical (unpaired) electrons. The number of hydrogen-bond acceptors (Lipinski definition) is 3. The summed E-state index contributed by atoms with van der Waals surface area (Å²) in [6.07, 6.45) is 0.213. The van der Waals surface area contributed by atoms with Crippen LogP contribution in [0.3, 0.4) is 0 Å². The molecule has 1 rings (SSSR count). The van der Waals surface area contributed by atoms with Crippen molar-refractivity contribution in [2.24, 2.45) is 0 Å². The second-order valence-electron chi connectivity index (χ2n) is 4.03. The molecular weight excluding hydrogens is 266 g/mol. The maximum Gasteiger partial charge on any atom is 0.260 e. The first-order chi connectivity index (χ1) is 9.15. The van der Waals surface area contributed by atoms with Crippen LogP contribution in [0.2, 0.25) is 5.02 Å². The topological polar surface area (TPSA) is 47.6 Å². The molecule has 5 heteroatoms. The molecule has 0 fully saturated rings. The number of ether oxygens (including phenoxy) is 2. The van der Waals surface area contributed by atoms with Gasteiger partial charge in [-0.25, -0.2) is 0 Å². The van der Waals surface area contributed by atoms with E-state index in [-0.39, 0.29) is 5.91 Å². The van der Waals surface area contributed by atoms with Crippen molar-refractivity contribution < 1.29 is 14.3 Å². The van der Waals surface area contributed by atoms with E-state index < -0.39 is 6.10 Å². The second-order valence-corrected chi connectivity index (χ2v) is 4.44. The maximum atomic E-state index is 11.8. The van der Waals surface area contributed by atoms with E-state index in [0.717, 1.165) is 6.42 Å². The SMILES string of the molecule is CCOCCCNC(=O)C(C)Oc1ccccc1Cl. The van der Waals surface area contributed by atoms with Crippen LogP contribution in [0.25, 0.3) is 0 Å². The summed E-state index contributed by atoms with van der Waals surface area (Å²) in [5.74, 6) is 0.359. The van der Waals surface area contributed by atoms with Gasteiger partial charge in [-0.3, -0.25) is 4.79 Å². The van der Waals surface area contributed by atoms with Crippen molar-refractivity contribution in [1.29, 1.82) is 0 Å². The minimum atomic E-state index is -0.577. The van der Waals surface area contributed by atoms with Gasteiger partial charge in [0, 0.05) is 19.8 Å². The number of rotatable bonds is 8. The molecule has 0 bridgehead atoms. The van der Waals surface area contributed by atoms with Crippen molar-refractivity contribution in [3.05, 3.63) is 29.3 Å². The summed E-state index contributed by atoms with van der Waals surface area (Å²) in [5.41, 5.74) is 0. The molecule has 0 saturated carbocycles. The van der Waals surface area contributed by atoms with Gasteiger partial charge in [0.2, 0.25) is 0 Å². The third kappa shape index (κ3) is 5.94. The van der Waals surface area contributed by atoms with Gasteiger partial charge in [0.15, 0.2) is 6.10 Å². The average Bonchev–Trinajstić information content (AvgIpc) is 2.41. The largest absolute Gasteiger partial charge is 0.479 e. The summed E-state index contributed by atoms with van der Waals surface area (Å²) in [4.78, 5) is 11.8. The Labute approximate surface area is 119 Å². The molecule has 0 aromatic heterocycles. The van der Waals surface area contributed by atoms with Crippen LogP contribution in [0.4, 0.5) is 0 Å². The lowest BCUT2D eigenvalue weighted by Gasteiger charge is -2.15. The fourth-order valence-electron chi connectivity index (χ4n) is 1.46. The van der Waals surface area contributed by atoms with Crippen LogP contribution in [-0.2, 0) is 9.53 Å². The number of halogens is 1. The lowest BCUT2D eigenvalue weighted by atomic mass is 10.3. The number of hydrogen-bond donors (Lipinski definition) is 1. The first kappa shape index (κ1) is 15.8. The molecule has 1 aromatic rings. The standard InChI is InChI=1S/C14H20ClNO3/c1-3-18-10-6-9-16-14(17)11(2)19-13-8-5-4-7-12(13)15/h4-5,7-8,11H,3,6,9-10H2,1-2H3,(H,16,17). The van der Waals surface area contributed by atoms with Crippen molar-refractivity contribution in [1.82, 2.24) is 5.32 Å². The van der Waals surface area contributed by atoms with Crippen LogP contribution < -0.4 is 10.1 Å². The third-order valence-electron chi connectivity index (χ3n) is 2.48. The Hall–Kier alpha value is -1.26. The van der Waals surface area contributed by atoms with Crippen molar-refractivity contribution in [3.8, 4) is 5.75 Å². The molecule has 1 unspecified atom stereocenters. The van der Waals surface area contributed by atoms with Gasteiger partial charge in [-0.05, 0) is 32.4 Å². The molecular formula is C14H20ClNO3. The Morgan fingerprint density at radius 3 is 2.84 bits per heavy atom. The zero-order chi connectivity index (χ0) is 14.1. The molecule has 1 N–H and O–H groups in total. The highest BCUT2D eigenvalue weighted by Crippen LogP contribution is 2.24. The molecule has 4 nitrogen and oxygen atoms in total. The number of carbonyl (C=O) groups is 1. The van der Waals surface area contributed by atoms with E-state index in [4.69, 9.17) is 21.1 Å². The predicted octanol–water partition coefficient (Wildman–Crippen LogP) is 2.65.